The second kappa shape index (κ2) is 9.89. The van der Waals surface area contributed by atoms with E-state index in [1.165, 1.54) is 11.8 Å². The quantitative estimate of drug-likeness (QED) is 0.381. The van der Waals surface area contributed by atoms with Crippen LogP contribution in [0.25, 0.3) is 10.8 Å². The molecule has 0 aliphatic heterocycles. The number of amides is 1. The van der Waals surface area contributed by atoms with Gasteiger partial charge in [-0.2, -0.15) is 0 Å². The van der Waals surface area contributed by atoms with Gasteiger partial charge in [-0.15, -0.1) is 22.0 Å². The fraction of sp³-hybridized carbons (Fsp3) is 0.174. The number of hydrogen-bond donors (Lipinski definition) is 1. The molecule has 8 heteroatoms. The molecule has 6 nitrogen and oxygen atoms in total. The monoisotopic (exact) mass is 450 g/mol. The summed E-state index contributed by atoms with van der Waals surface area (Å²) < 4.78 is 7.88. The number of benzene rings is 3. The van der Waals surface area contributed by atoms with Gasteiger partial charge in [-0.1, -0.05) is 60.3 Å². The van der Waals surface area contributed by atoms with E-state index >= 15 is 0 Å². The predicted octanol–water partition coefficient (Wildman–Crippen LogP) is 5.00. The van der Waals surface area contributed by atoms with Gasteiger partial charge in [-0.3, -0.25) is 4.79 Å². The number of para-hydroxylation sites is 1. The van der Waals surface area contributed by atoms with Gasteiger partial charge in [0.1, 0.15) is 12.4 Å². The zero-order valence-corrected chi connectivity index (χ0v) is 18.9. The molecule has 1 heterocycles. The van der Waals surface area contributed by atoms with Crippen LogP contribution in [0.5, 0.6) is 5.75 Å². The molecule has 158 valence electrons. The Morgan fingerprint density at radius 3 is 2.68 bits per heavy atom. The van der Waals surface area contributed by atoms with Crippen LogP contribution in [0.4, 0.5) is 5.69 Å². The molecule has 31 heavy (non-hydrogen) atoms. The van der Waals surface area contributed by atoms with Gasteiger partial charge in [0.2, 0.25) is 5.91 Å². The molecular weight excluding hydrogens is 428 g/mol. The summed E-state index contributed by atoms with van der Waals surface area (Å²) in [7, 11) is 1.88. The Morgan fingerprint density at radius 2 is 1.81 bits per heavy atom. The highest BCUT2D eigenvalue weighted by molar-refractivity contribution is 7.99. The second-order valence-electron chi connectivity index (χ2n) is 6.76. The minimum Gasteiger partial charge on any atom is -0.485 e. The fourth-order valence-corrected chi connectivity index (χ4v) is 4.41. The highest BCUT2D eigenvalue weighted by Gasteiger charge is 2.13. The molecule has 0 aliphatic rings. The summed E-state index contributed by atoms with van der Waals surface area (Å²) in [6.07, 6.45) is 1.99. The second-order valence-corrected chi connectivity index (χ2v) is 8.55. The highest BCUT2D eigenvalue weighted by Crippen LogP contribution is 2.27. The van der Waals surface area contributed by atoms with Gasteiger partial charge in [0.05, 0.1) is 11.4 Å². The van der Waals surface area contributed by atoms with E-state index in [4.69, 9.17) is 4.74 Å². The van der Waals surface area contributed by atoms with E-state index in [0.29, 0.717) is 17.6 Å². The van der Waals surface area contributed by atoms with Crippen LogP contribution < -0.4 is 10.1 Å². The topological polar surface area (TPSA) is 69.0 Å². The highest BCUT2D eigenvalue weighted by atomic mass is 32.2. The van der Waals surface area contributed by atoms with Crippen molar-refractivity contribution in [3.05, 3.63) is 72.6 Å². The number of thioether (sulfide) groups is 2. The van der Waals surface area contributed by atoms with Crippen LogP contribution in [0.3, 0.4) is 0 Å². The van der Waals surface area contributed by atoms with Crippen molar-refractivity contribution in [2.45, 2.75) is 16.7 Å². The predicted molar refractivity (Wildman–Crippen MR) is 127 cm³/mol. The standard InChI is InChI=1S/C23H22N4O2S2/c1-27-21(14-29-19-12-7-9-16-8-3-4-10-17(16)19)25-26-23(27)31-15-22(28)24-18-11-5-6-13-20(18)30-2/h3-13H,14-15H2,1-2H3,(H,24,28). The summed E-state index contributed by atoms with van der Waals surface area (Å²) in [5.41, 5.74) is 0.822. The number of fused-ring (bicyclic) bond motifs is 1. The summed E-state index contributed by atoms with van der Waals surface area (Å²) in [4.78, 5) is 13.4. The third kappa shape index (κ3) is 5.03. The van der Waals surface area contributed by atoms with Gasteiger partial charge in [-0.25, -0.2) is 0 Å². The maximum absolute atomic E-state index is 12.4. The molecule has 0 radical (unpaired) electrons. The number of ether oxygens (including phenoxy) is 1. The Labute approximate surface area is 189 Å². The summed E-state index contributed by atoms with van der Waals surface area (Å²) in [5.74, 6) is 1.67. The van der Waals surface area contributed by atoms with Crippen molar-refractivity contribution in [2.24, 2.45) is 7.05 Å². The Hall–Kier alpha value is -2.97. The normalized spacial score (nSPS) is 10.9. The van der Waals surface area contributed by atoms with E-state index in [2.05, 4.69) is 27.6 Å². The molecule has 4 aromatic rings. The van der Waals surface area contributed by atoms with Gasteiger partial charge >= 0.3 is 0 Å². The first-order valence-electron chi connectivity index (χ1n) is 9.70. The van der Waals surface area contributed by atoms with Gasteiger partial charge in [0.15, 0.2) is 11.0 Å². The van der Waals surface area contributed by atoms with Crippen molar-refractivity contribution >= 4 is 45.9 Å². The third-order valence-corrected chi connectivity index (χ3v) is 6.56. The first-order valence-corrected chi connectivity index (χ1v) is 11.9. The number of anilines is 1. The molecule has 0 bridgehead atoms. The lowest BCUT2D eigenvalue weighted by atomic mass is 10.1. The van der Waals surface area contributed by atoms with Crippen molar-refractivity contribution in [2.75, 3.05) is 17.3 Å². The number of carbonyl (C=O) groups excluding carboxylic acids is 1. The minimum atomic E-state index is -0.0805. The van der Waals surface area contributed by atoms with Gasteiger partial charge in [0.25, 0.3) is 0 Å². The molecule has 0 saturated heterocycles. The molecule has 4 rings (SSSR count). The van der Waals surface area contributed by atoms with Crippen LogP contribution in [-0.2, 0) is 18.4 Å². The molecule has 1 amide bonds. The lowest BCUT2D eigenvalue weighted by Gasteiger charge is -2.10. The van der Waals surface area contributed by atoms with Crippen LogP contribution in [0.15, 0.2) is 76.8 Å². The number of rotatable bonds is 8. The first-order chi connectivity index (χ1) is 15.2. The zero-order chi connectivity index (χ0) is 21.6. The maximum Gasteiger partial charge on any atom is 0.234 e. The molecular formula is C23H22N4O2S2. The minimum absolute atomic E-state index is 0.0805. The molecule has 0 atom stereocenters. The zero-order valence-electron chi connectivity index (χ0n) is 17.2. The molecule has 0 saturated carbocycles. The summed E-state index contributed by atoms with van der Waals surface area (Å²) >= 11 is 2.95. The van der Waals surface area contributed by atoms with Crippen LogP contribution in [0.1, 0.15) is 5.82 Å². The van der Waals surface area contributed by atoms with Crippen LogP contribution in [0, 0.1) is 0 Å². The molecule has 1 N–H and O–H groups in total. The Bertz CT molecular complexity index is 1200. The molecule has 0 spiro atoms. The van der Waals surface area contributed by atoms with E-state index in [0.717, 1.165) is 27.1 Å². The number of hydrogen-bond acceptors (Lipinski definition) is 6. The van der Waals surface area contributed by atoms with Gasteiger partial charge < -0.3 is 14.6 Å². The summed E-state index contributed by atoms with van der Waals surface area (Å²) in [6.45, 7) is 0.297. The van der Waals surface area contributed by atoms with Crippen LogP contribution in [0.2, 0.25) is 0 Å². The third-order valence-electron chi connectivity index (χ3n) is 4.74. The summed E-state index contributed by atoms with van der Waals surface area (Å²) in [5, 5.41) is 14.3. The molecule has 3 aromatic carbocycles. The first kappa shape index (κ1) is 21.3. The number of nitrogens with zero attached hydrogens (tertiary/aromatic N) is 3. The Morgan fingerprint density at radius 1 is 1.03 bits per heavy atom. The average molecular weight is 451 g/mol. The van der Waals surface area contributed by atoms with E-state index in [-0.39, 0.29) is 11.7 Å². The van der Waals surface area contributed by atoms with Crippen molar-refractivity contribution in [3.63, 3.8) is 0 Å². The lowest BCUT2D eigenvalue weighted by Crippen LogP contribution is -2.15. The van der Waals surface area contributed by atoms with E-state index in [1.807, 2.05) is 72.5 Å². The summed E-state index contributed by atoms with van der Waals surface area (Å²) in [6, 6.07) is 21.8. The number of aromatic nitrogens is 3. The number of carbonyl (C=O) groups is 1. The SMILES string of the molecule is CSc1ccccc1NC(=O)CSc1nnc(COc2cccc3ccccc23)n1C. The van der Waals surface area contributed by atoms with Crippen molar-refractivity contribution in [1.82, 2.24) is 14.8 Å². The van der Waals surface area contributed by atoms with Gasteiger partial charge in [0, 0.05) is 17.3 Å². The van der Waals surface area contributed by atoms with Crippen molar-refractivity contribution in [3.8, 4) is 5.75 Å². The van der Waals surface area contributed by atoms with Crippen LogP contribution >= 0.6 is 23.5 Å². The maximum atomic E-state index is 12.4. The molecule has 0 unspecified atom stereocenters. The average Bonchev–Trinajstić information content (AvgIpc) is 3.16. The molecule has 1 aromatic heterocycles. The lowest BCUT2D eigenvalue weighted by molar-refractivity contribution is -0.113. The number of nitrogens with one attached hydrogen (secondary N) is 1. The molecule has 0 aliphatic carbocycles. The Balaban J connectivity index is 1.36. The Kier molecular flexibility index (Phi) is 6.79. The fourth-order valence-electron chi connectivity index (χ4n) is 3.12. The van der Waals surface area contributed by atoms with E-state index < -0.39 is 0 Å². The van der Waals surface area contributed by atoms with Gasteiger partial charge in [-0.05, 0) is 29.8 Å². The molecule has 0 fully saturated rings. The van der Waals surface area contributed by atoms with E-state index in [1.54, 1.807) is 11.8 Å². The smallest absolute Gasteiger partial charge is 0.234 e. The largest absolute Gasteiger partial charge is 0.485 e. The van der Waals surface area contributed by atoms with Crippen molar-refractivity contribution < 1.29 is 9.53 Å². The van der Waals surface area contributed by atoms with E-state index in [9.17, 15) is 4.79 Å². The van der Waals surface area contributed by atoms with Crippen LogP contribution in [-0.4, -0.2) is 32.7 Å². The van der Waals surface area contributed by atoms with Crippen molar-refractivity contribution in [1.29, 1.82) is 0 Å².